The molecule has 0 bridgehead atoms. The SMILES string of the molecule is O=C(NCCc1cn2c(n1)CCCC2)[C@H]1CC=CCC1. The molecule has 1 aliphatic carbocycles. The number of rotatable bonds is 4. The van der Waals surface area contributed by atoms with Crippen LogP contribution in [0.25, 0.3) is 0 Å². The number of aryl methyl sites for hydroxylation is 2. The second-order valence-electron chi connectivity index (χ2n) is 5.82. The summed E-state index contributed by atoms with van der Waals surface area (Å²) in [6, 6.07) is 0. The number of amides is 1. The van der Waals surface area contributed by atoms with E-state index in [1.807, 2.05) is 0 Å². The summed E-state index contributed by atoms with van der Waals surface area (Å²) in [5, 5.41) is 3.06. The number of fused-ring (bicyclic) bond motifs is 1. The Bertz CT molecular complexity index is 480. The van der Waals surface area contributed by atoms with Crippen LogP contribution in [0.2, 0.25) is 0 Å². The van der Waals surface area contributed by atoms with Gasteiger partial charge in [-0.05, 0) is 32.1 Å². The molecule has 1 amide bonds. The lowest BCUT2D eigenvalue weighted by Crippen LogP contribution is -2.32. The predicted octanol–water partition coefficient (Wildman–Crippen LogP) is 2.23. The third kappa shape index (κ3) is 3.11. The Hall–Kier alpha value is -1.58. The van der Waals surface area contributed by atoms with E-state index in [2.05, 4.69) is 33.2 Å². The molecule has 3 rings (SSSR count). The number of hydrogen-bond donors (Lipinski definition) is 1. The number of carbonyl (C=O) groups is 1. The van der Waals surface area contributed by atoms with Gasteiger partial charge in [0.2, 0.25) is 5.91 Å². The summed E-state index contributed by atoms with van der Waals surface area (Å²) in [7, 11) is 0. The molecule has 1 aliphatic heterocycles. The van der Waals surface area contributed by atoms with E-state index in [0.29, 0.717) is 6.54 Å². The molecule has 20 heavy (non-hydrogen) atoms. The fourth-order valence-electron chi connectivity index (χ4n) is 3.08. The smallest absolute Gasteiger partial charge is 0.223 e. The number of aromatic nitrogens is 2. The lowest BCUT2D eigenvalue weighted by Gasteiger charge is -2.16. The van der Waals surface area contributed by atoms with Crippen molar-refractivity contribution >= 4 is 5.91 Å². The van der Waals surface area contributed by atoms with E-state index in [9.17, 15) is 4.79 Å². The highest BCUT2D eigenvalue weighted by Crippen LogP contribution is 2.18. The standard InChI is InChI=1S/C16H23N3O/c20-16(13-6-2-1-3-7-13)17-10-9-14-12-19-11-5-4-8-15(19)18-14/h1-2,12-13H,3-11H2,(H,17,20)/t13-/m0/s1. The number of allylic oxidation sites excluding steroid dienone is 2. The largest absolute Gasteiger partial charge is 0.355 e. The first-order valence-corrected chi connectivity index (χ1v) is 7.80. The van der Waals surface area contributed by atoms with Crippen molar-refractivity contribution in [2.24, 2.45) is 5.92 Å². The van der Waals surface area contributed by atoms with Gasteiger partial charge in [0.15, 0.2) is 0 Å². The van der Waals surface area contributed by atoms with Crippen molar-refractivity contribution in [1.29, 1.82) is 0 Å². The van der Waals surface area contributed by atoms with Crippen molar-refractivity contribution in [2.45, 2.75) is 51.5 Å². The van der Waals surface area contributed by atoms with Crippen LogP contribution in [0.3, 0.4) is 0 Å². The first kappa shape index (κ1) is 13.4. The lowest BCUT2D eigenvalue weighted by atomic mass is 9.94. The van der Waals surface area contributed by atoms with E-state index in [1.165, 1.54) is 18.7 Å². The van der Waals surface area contributed by atoms with E-state index in [-0.39, 0.29) is 11.8 Å². The van der Waals surface area contributed by atoms with Gasteiger partial charge in [-0.15, -0.1) is 0 Å². The van der Waals surface area contributed by atoms with Crippen molar-refractivity contribution in [3.05, 3.63) is 29.9 Å². The first-order chi connectivity index (χ1) is 9.83. The Morgan fingerprint density at radius 1 is 1.40 bits per heavy atom. The first-order valence-electron chi connectivity index (χ1n) is 7.80. The zero-order valence-corrected chi connectivity index (χ0v) is 12.0. The number of nitrogens with one attached hydrogen (secondary N) is 1. The molecule has 0 aromatic carbocycles. The van der Waals surface area contributed by atoms with Crippen molar-refractivity contribution in [1.82, 2.24) is 14.9 Å². The minimum Gasteiger partial charge on any atom is -0.355 e. The predicted molar refractivity (Wildman–Crippen MR) is 78.4 cm³/mol. The summed E-state index contributed by atoms with van der Waals surface area (Å²) in [4.78, 5) is 16.7. The van der Waals surface area contributed by atoms with Crippen LogP contribution in [-0.2, 0) is 24.2 Å². The molecular weight excluding hydrogens is 250 g/mol. The van der Waals surface area contributed by atoms with E-state index in [1.54, 1.807) is 0 Å². The topological polar surface area (TPSA) is 46.9 Å². The molecule has 0 spiro atoms. The van der Waals surface area contributed by atoms with Crippen molar-refractivity contribution in [3.8, 4) is 0 Å². The summed E-state index contributed by atoms with van der Waals surface area (Å²) in [5.41, 5.74) is 1.12. The number of hydrogen-bond acceptors (Lipinski definition) is 2. The van der Waals surface area contributed by atoms with E-state index in [0.717, 1.165) is 44.3 Å². The molecule has 4 heteroatoms. The average Bonchev–Trinajstić information content (AvgIpc) is 2.90. The quantitative estimate of drug-likeness (QED) is 0.855. The number of carbonyl (C=O) groups excluding carboxylic acids is 1. The molecule has 2 aliphatic rings. The van der Waals surface area contributed by atoms with Gasteiger partial charge in [-0.3, -0.25) is 4.79 Å². The molecule has 1 aromatic heterocycles. The monoisotopic (exact) mass is 273 g/mol. The molecule has 0 fully saturated rings. The van der Waals surface area contributed by atoms with Crippen LogP contribution in [0, 0.1) is 5.92 Å². The minimum atomic E-state index is 0.176. The summed E-state index contributed by atoms with van der Waals surface area (Å²) in [5.74, 6) is 1.60. The maximum atomic E-state index is 12.0. The van der Waals surface area contributed by atoms with E-state index < -0.39 is 0 Å². The van der Waals surface area contributed by atoms with Gasteiger partial charge in [0.05, 0.1) is 5.69 Å². The zero-order chi connectivity index (χ0) is 13.8. The lowest BCUT2D eigenvalue weighted by molar-refractivity contribution is -0.125. The van der Waals surface area contributed by atoms with Crippen molar-refractivity contribution < 1.29 is 4.79 Å². The van der Waals surface area contributed by atoms with Crippen LogP contribution in [0.1, 0.15) is 43.6 Å². The van der Waals surface area contributed by atoms with Crippen LogP contribution in [0.15, 0.2) is 18.3 Å². The molecule has 2 heterocycles. The Morgan fingerprint density at radius 3 is 3.15 bits per heavy atom. The van der Waals surface area contributed by atoms with Crippen LogP contribution in [-0.4, -0.2) is 22.0 Å². The third-order valence-corrected chi connectivity index (χ3v) is 4.28. The molecule has 0 saturated carbocycles. The highest BCUT2D eigenvalue weighted by Gasteiger charge is 2.18. The highest BCUT2D eigenvalue weighted by molar-refractivity contribution is 5.78. The fraction of sp³-hybridized carbons (Fsp3) is 0.625. The van der Waals surface area contributed by atoms with Gasteiger partial charge in [-0.2, -0.15) is 0 Å². The second kappa shape index (κ2) is 6.25. The fourth-order valence-corrected chi connectivity index (χ4v) is 3.08. The maximum Gasteiger partial charge on any atom is 0.223 e. The van der Waals surface area contributed by atoms with Crippen LogP contribution >= 0.6 is 0 Å². The summed E-state index contributed by atoms with van der Waals surface area (Å²) in [6.45, 7) is 1.80. The molecule has 0 saturated heterocycles. The van der Waals surface area contributed by atoms with Gasteiger partial charge in [0.1, 0.15) is 5.82 Å². The molecule has 1 N–H and O–H groups in total. The highest BCUT2D eigenvalue weighted by atomic mass is 16.1. The van der Waals surface area contributed by atoms with Crippen molar-refractivity contribution in [3.63, 3.8) is 0 Å². The van der Waals surface area contributed by atoms with E-state index in [4.69, 9.17) is 0 Å². The Balaban J connectivity index is 1.46. The summed E-state index contributed by atoms with van der Waals surface area (Å²) in [6.07, 6.45) is 13.8. The average molecular weight is 273 g/mol. The number of imidazole rings is 1. The summed E-state index contributed by atoms with van der Waals surface area (Å²) >= 11 is 0. The van der Waals surface area contributed by atoms with Gasteiger partial charge in [0, 0.05) is 38.0 Å². The minimum absolute atomic E-state index is 0.176. The van der Waals surface area contributed by atoms with Crippen LogP contribution in [0.5, 0.6) is 0 Å². The Morgan fingerprint density at radius 2 is 2.35 bits per heavy atom. The zero-order valence-electron chi connectivity index (χ0n) is 12.0. The molecule has 4 nitrogen and oxygen atoms in total. The molecule has 108 valence electrons. The maximum absolute atomic E-state index is 12.0. The normalized spacial score (nSPS) is 21.5. The molecule has 0 unspecified atom stereocenters. The molecular formula is C16H23N3O. The van der Waals surface area contributed by atoms with Gasteiger partial charge in [-0.1, -0.05) is 12.2 Å². The van der Waals surface area contributed by atoms with Gasteiger partial charge in [-0.25, -0.2) is 4.98 Å². The third-order valence-electron chi connectivity index (χ3n) is 4.28. The summed E-state index contributed by atoms with van der Waals surface area (Å²) < 4.78 is 2.27. The van der Waals surface area contributed by atoms with Gasteiger partial charge in [0.25, 0.3) is 0 Å². The van der Waals surface area contributed by atoms with Crippen LogP contribution < -0.4 is 5.32 Å². The number of nitrogens with zero attached hydrogens (tertiary/aromatic N) is 2. The van der Waals surface area contributed by atoms with Gasteiger partial charge >= 0.3 is 0 Å². The molecule has 1 atom stereocenters. The van der Waals surface area contributed by atoms with Crippen molar-refractivity contribution in [2.75, 3.05) is 6.54 Å². The van der Waals surface area contributed by atoms with Crippen LogP contribution in [0.4, 0.5) is 0 Å². The molecule has 1 aromatic rings. The van der Waals surface area contributed by atoms with Gasteiger partial charge < -0.3 is 9.88 Å². The second-order valence-corrected chi connectivity index (χ2v) is 5.82. The Labute approximate surface area is 120 Å². The molecule has 0 radical (unpaired) electrons. The Kier molecular flexibility index (Phi) is 4.19. The van der Waals surface area contributed by atoms with E-state index >= 15 is 0 Å².